The monoisotopic (exact) mass is 399 g/mol. The van der Waals surface area contributed by atoms with Gasteiger partial charge < -0.3 is 14.8 Å². The van der Waals surface area contributed by atoms with Crippen molar-refractivity contribution in [2.24, 2.45) is 0 Å². The van der Waals surface area contributed by atoms with E-state index in [1.165, 1.54) is 7.11 Å². The van der Waals surface area contributed by atoms with Crippen LogP contribution >= 0.6 is 0 Å². The van der Waals surface area contributed by atoms with Crippen molar-refractivity contribution in [2.45, 2.75) is 38.5 Å². The molecule has 1 fully saturated rings. The number of carbonyl (C=O) groups excluding carboxylic acids is 1. The molecule has 2 aromatic heterocycles. The van der Waals surface area contributed by atoms with E-state index >= 15 is 0 Å². The van der Waals surface area contributed by atoms with Gasteiger partial charge in [0.15, 0.2) is 17.0 Å². The fourth-order valence-corrected chi connectivity index (χ4v) is 3.46. The number of nitrogens with zero attached hydrogens (tertiary/aromatic N) is 4. The van der Waals surface area contributed by atoms with Gasteiger partial charge in [-0.25, -0.2) is 9.78 Å². The van der Waals surface area contributed by atoms with Crippen LogP contribution in [0.3, 0.4) is 0 Å². The Morgan fingerprint density at radius 3 is 3.10 bits per heavy atom. The number of carbonyl (C=O) groups is 1. The first kappa shape index (κ1) is 19.3. The van der Waals surface area contributed by atoms with Crippen molar-refractivity contribution < 1.29 is 18.7 Å². The molecule has 1 unspecified atom stereocenters. The lowest BCUT2D eigenvalue weighted by atomic mass is 10.1. The Balaban J connectivity index is 1.59. The first-order chi connectivity index (χ1) is 14.2. The predicted octanol–water partition coefficient (Wildman–Crippen LogP) is 3.45. The summed E-state index contributed by atoms with van der Waals surface area (Å²) in [6.45, 7) is 1.00. The lowest BCUT2D eigenvalue weighted by Gasteiger charge is -2.17. The van der Waals surface area contributed by atoms with Crippen LogP contribution in [0.1, 0.15) is 47.8 Å². The van der Waals surface area contributed by atoms with Gasteiger partial charge in [-0.15, -0.1) is 0 Å². The van der Waals surface area contributed by atoms with Crippen molar-refractivity contribution in [3.05, 3.63) is 47.8 Å². The fraction of sp³-hybridized carbons (Fsp3) is 0.400. The van der Waals surface area contributed by atoms with Crippen LogP contribution in [0.25, 0.3) is 11.2 Å². The van der Waals surface area contributed by atoms with E-state index in [1.807, 2.05) is 6.07 Å². The molecule has 4 rings (SSSR count). The van der Waals surface area contributed by atoms with Gasteiger partial charge in [0.2, 0.25) is 0 Å². The number of anilines is 1. The van der Waals surface area contributed by atoms with Gasteiger partial charge in [-0.3, -0.25) is 4.57 Å². The smallest absolute Gasteiger partial charge is 0.337 e. The highest BCUT2D eigenvalue weighted by atomic mass is 19.1. The van der Waals surface area contributed by atoms with Gasteiger partial charge in [0, 0.05) is 13.2 Å². The number of esters is 1. The molecule has 0 bridgehead atoms. The average Bonchev–Trinajstić information content (AvgIpc) is 2.97. The molecular formula is C20H22FN5O3. The maximum absolute atomic E-state index is 14.1. The number of nitrogens with one attached hydrogen (secondary N) is 1. The van der Waals surface area contributed by atoms with E-state index < -0.39 is 12.0 Å². The van der Waals surface area contributed by atoms with Gasteiger partial charge in [0.05, 0.1) is 19.0 Å². The average molecular weight is 399 g/mol. The van der Waals surface area contributed by atoms with Crippen LogP contribution < -0.4 is 5.32 Å². The van der Waals surface area contributed by atoms with Crippen LogP contribution in [0.4, 0.5) is 10.2 Å². The van der Waals surface area contributed by atoms with Crippen LogP contribution in [0.15, 0.2) is 30.6 Å². The summed E-state index contributed by atoms with van der Waals surface area (Å²) in [5.74, 6) is -0.118. The van der Waals surface area contributed by atoms with E-state index in [9.17, 15) is 9.18 Å². The number of aromatic nitrogens is 4. The zero-order valence-electron chi connectivity index (χ0n) is 16.1. The minimum Gasteiger partial charge on any atom is -0.465 e. The second kappa shape index (κ2) is 8.52. The second-order valence-electron chi connectivity index (χ2n) is 6.89. The van der Waals surface area contributed by atoms with Crippen molar-refractivity contribution >= 4 is 23.0 Å². The number of halogens is 1. The van der Waals surface area contributed by atoms with Crippen molar-refractivity contribution in [1.82, 2.24) is 19.5 Å². The normalized spacial score (nSPS) is 17.1. The van der Waals surface area contributed by atoms with Crippen LogP contribution in [0, 0.1) is 6.08 Å². The number of imidazole rings is 1. The van der Waals surface area contributed by atoms with Crippen molar-refractivity contribution in [1.29, 1.82) is 0 Å². The van der Waals surface area contributed by atoms with Gasteiger partial charge in [0.25, 0.3) is 0 Å². The molecule has 29 heavy (non-hydrogen) atoms. The number of hydrogen-bond acceptors (Lipinski definition) is 7. The van der Waals surface area contributed by atoms with E-state index in [0.717, 1.165) is 31.2 Å². The van der Waals surface area contributed by atoms with Crippen molar-refractivity contribution in [2.75, 3.05) is 19.0 Å². The Bertz CT molecular complexity index is 1010. The highest BCUT2D eigenvalue weighted by Gasteiger charge is 2.20. The van der Waals surface area contributed by atoms with Crippen molar-refractivity contribution in [3.63, 3.8) is 0 Å². The van der Waals surface area contributed by atoms with Gasteiger partial charge >= 0.3 is 12.0 Å². The van der Waals surface area contributed by atoms with Gasteiger partial charge in [-0.1, -0.05) is 18.6 Å². The number of fused-ring (bicyclic) bond motifs is 1. The summed E-state index contributed by atoms with van der Waals surface area (Å²) in [4.78, 5) is 23.9. The summed E-state index contributed by atoms with van der Waals surface area (Å²) in [5.41, 5.74) is 2.14. The molecule has 0 radical (unpaired) electrons. The third-order valence-electron chi connectivity index (χ3n) is 4.92. The van der Waals surface area contributed by atoms with Gasteiger partial charge in [-0.05, 0) is 37.0 Å². The summed E-state index contributed by atoms with van der Waals surface area (Å²) in [6, 6.07) is 7.00. The SMILES string of the molecule is COC(=O)c1cccc(CNc2nc(F)nc3c2ncn3C2CCCCCO2)c1. The Labute approximate surface area is 167 Å². The number of hydrogen-bond donors (Lipinski definition) is 1. The predicted molar refractivity (Wildman–Crippen MR) is 104 cm³/mol. The fourth-order valence-electron chi connectivity index (χ4n) is 3.46. The first-order valence-corrected chi connectivity index (χ1v) is 9.58. The number of ether oxygens (including phenoxy) is 2. The lowest BCUT2D eigenvalue weighted by molar-refractivity contribution is 0.00928. The highest BCUT2D eigenvalue weighted by molar-refractivity contribution is 5.89. The third-order valence-corrected chi connectivity index (χ3v) is 4.92. The Morgan fingerprint density at radius 2 is 2.24 bits per heavy atom. The van der Waals surface area contributed by atoms with Crippen LogP contribution in [-0.4, -0.2) is 39.2 Å². The number of benzene rings is 1. The van der Waals surface area contributed by atoms with E-state index in [0.29, 0.717) is 35.7 Å². The molecule has 1 aliphatic heterocycles. The lowest BCUT2D eigenvalue weighted by Crippen LogP contribution is -2.12. The molecule has 0 spiro atoms. The van der Waals surface area contributed by atoms with Gasteiger partial charge in [0.1, 0.15) is 6.23 Å². The maximum atomic E-state index is 14.1. The molecule has 1 N–H and O–H groups in total. The Kier molecular flexibility index (Phi) is 5.66. The molecule has 1 aromatic carbocycles. The molecule has 0 aliphatic carbocycles. The topological polar surface area (TPSA) is 91.2 Å². The van der Waals surface area contributed by atoms with Crippen LogP contribution in [0.2, 0.25) is 0 Å². The summed E-state index contributed by atoms with van der Waals surface area (Å²) < 4.78 is 26.5. The summed E-state index contributed by atoms with van der Waals surface area (Å²) in [5, 5.41) is 3.10. The van der Waals surface area contributed by atoms with Gasteiger partial charge in [-0.2, -0.15) is 14.4 Å². The summed E-state index contributed by atoms with van der Waals surface area (Å²) in [6.07, 6.45) is 4.59. The van der Waals surface area contributed by atoms with Crippen molar-refractivity contribution in [3.8, 4) is 0 Å². The Morgan fingerprint density at radius 1 is 1.34 bits per heavy atom. The molecular weight excluding hydrogens is 377 g/mol. The molecule has 1 aliphatic rings. The maximum Gasteiger partial charge on any atom is 0.337 e. The second-order valence-corrected chi connectivity index (χ2v) is 6.89. The van der Waals surface area contributed by atoms with E-state index in [4.69, 9.17) is 9.47 Å². The molecule has 152 valence electrons. The van der Waals surface area contributed by atoms with Crippen LogP contribution in [-0.2, 0) is 16.0 Å². The minimum atomic E-state index is -0.835. The third kappa shape index (κ3) is 4.19. The van der Waals surface area contributed by atoms with E-state index in [2.05, 4.69) is 20.3 Å². The minimum absolute atomic E-state index is 0.207. The molecule has 1 atom stereocenters. The van der Waals surface area contributed by atoms with Crippen LogP contribution in [0.5, 0.6) is 0 Å². The highest BCUT2D eigenvalue weighted by Crippen LogP contribution is 2.27. The largest absolute Gasteiger partial charge is 0.465 e. The molecule has 3 aromatic rings. The molecule has 8 nitrogen and oxygen atoms in total. The molecule has 1 saturated heterocycles. The first-order valence-electron chi connectivity index (χ1n) is 9.58. The van der Waals surface area contributed by atoms with E-state index in [1.54, 1.807) is 29.1 Å². The molecule has 0 saturated carbocycles. The molecule has 9 heteroatoms. The Hall–Kier alpha value is -3.07. The number of methoxy groups -OCH3 is 1. The quantitative estimate of drug-likeness (QED) is 0.519. The molecule has 0 amide bonds. The zero-order valence-corrected chi connectivity index (χ0v) is 16.1. The standard InChI is InChI=1S/C20H22FN5O3/c1-28-19(27)14-7-5-6-13(10-14)11-22-17-16-18(25-20(21)24-17)26(12-23-16)15-8-3-2-4-9-29-15/h5-7,10,12,15H,2-4,8-9,11H2,1H3,(H,22,24,25). The zero-order chi connectivity index (χ0) is 20.2. The summed E-state index contributed by atoms with van der Waals surface area (Å²) >= 11 is 0. The summed E-state index contributed by atoms with van der Waals surface area (Å²) in [7, 11) is 1.34. The van der Waals surface area contributed by atoms with E-state index in [-0.39, 0.29) is 6.23 Å². The molecule has 3 heterocycles. The number of rotatable bonds is 5.